The van der Waals surface area contributed by atoms with Crippen LogP contribution in [0, 0.1) is 0 Å². The highest BCUT2D eigenvalue weighted by atomic mass is 16.5. The van der Waals surface area contributed by atoms with Crippen LogP contribution in [0.25, 0.3) is 0 Å². The largest absolute Gasteiger partial charge is 0.497 e. The van der Waals surface area contributed by atoms with E-state index >= 15 is 0 Å². The van der Waals surface area contributed by atoms with Gasteiger partial charge in [-0.25, -0.2) is 0 Å². The Morgan fingerprint density at radius 3 is 2.69 bits per heavy atom. The Balaban J connectivity index is 1.92. The number of hydrogen-bond acceptors (Lipinski definition) is 3. The lowest BCUT2D eigenvalue weighted by Crippen LogP contribution is -2.39. The summed E-state index contributed by atoms with van der Waals surface area (Å²) >= 11 is 0. The first-order valence-corrected chi connectivity index (χ1v) is 5.87. The van der Waals surface area contributed by atoms with E-state index in [1.807, 2.05) is 12.1 Å². The van der Waals surface area contributed by atoms with Gasteiger partial charge in [-0.05, 0) is 50.7 Å². The molecule has 1 unspecified atom stereocenters. The number of rotatable bonds is 3. The molecule has 0 bridgehead atoms. The molecule has 1 heterocycles. The Labute approximate surface area is 97.4 Å². The van der Waals surface area contributed by atoms with E-state index in [1.165, 1.54) is 25.1 Å². The molecule has 0 spiro atoms. The van der Waals surface area contributed by atoms with Gasteiger partial charge in [0.2, 0.25) is 0 Å². The molecule has 0 saturated carbocycles. The van der Waals surface area contributed by atoms with Crippen LogP contribution in [0.1, 0.15) is 12.8 Å². The number of nitrogens with zero attached hydrogens (tertiary/aromatic N) is 1. The molecule has 1 aromatic carbocycles. The van der Waals surface area contributed by atoms with Gasteiger partial charge in [0.25, 0.3) is 0 Å². The summed E-state index contributed by atoms with van der Waals surface area (Å²) in [6.07, 6.45) is 2.54. The highest BCUT2D eigenvalue weighted by Crippen LogP contribution is 2.18. The Kier molecular flexibility index (Phi) is 3.67. The van der Waals surface area contributed by atoms with Gasteiger partial charge in [0, 0.05) is 18.3 Å². The summed E-state index contributed by atoms with van der Waals surface area (Å²) < 4.78 is 5.14. The molecule has 3 heteroatoms. The third-order valence-electron chi connectivity index (χ3n) is 3.09. The molecule has 2 rings (SSSR count). The van der Waals surface area contributed by atoms with Crippen LogP contribution in [-0.2, 0) is 0 Å². The van der Waals surface area contributed by atoms with E-state index in [4.69, 9.17) is 4.74 Å². The zero-order valence-electron chi connectivity index (χ0n) is 10.1. The highest BCUT2D eigenvalue weighted by Gasteiger charge is 2.16. The molecule has 16 heavy (non-hydrogen) atoms. The number of methoxy groups -OCH3 is 1. The number of hydrogen-bond donors (Lipinski definition) is 1. The van der Waals surface area contributed by atoms with Gasteiger partial charge in [-0.2, -0.15) is 0 Å². The van der Waals surface area contributed by atoms with E-state index in [2.05, 4.69) is 29.4 Å². The van der Waals surface area contributed by atoms with Gasteiger partial charge in [-0.3, -0.25) is 0 Å². The van der Waals surface area contributed by atoms with E-state index < -0.39 is 0 Å². The predicted octanol–water partition coefficient (Wildman–Crippen LogP) is 2.20. The maximum atomic E-state index is 5.14. The molecule has 1 aliphatic heterocycles. The number of benzene rings is 1. The van der Waals surface area contributed by atoms with E-state index in [-0.39, 0.29) is 0 Å². The Morgan fingerprint density at radius 1 is 1.31 bits per heavy atom. The van der Waals surface area contributed by atoms with Crippen LogP contribution in [0.5, 0.6) is 5.75 Å². The summed E-state index contributed by atoms with van der Waals surface area (Å²) in [5.41, 5.74) is 1.18. The maximum Gasteiger partial charge on any atom is 0.119 e. The number of piperidine rings is 1. The fraction of sp³-hybridized carbons (Fsp3) is 0.538. The number of ether oxygens (including phenoxy) is 1. The lowest BCUT2D eigenvalue weighted by Gasteiger charge is -2.30. The van der Waals surface area contributed by atoms with Crippen LogP contribution in [0.15, 0.2) is 24.3 Å². The highest BCUT2D eigenvalue weighted by molar-refractivity contribution is 5.47. The summed E-state index contributed by atoms with van der Waals surface area (Å²) in [4.78, 5) is 2.38. The second kappa shape index (κ2) is 5.21. The van der Waals surface area contributed by atoms with Crippen LogP contribution in [-0.4, -0.2) is 38.2 Å². The zero-order valence-corrected chi connectivity index (χ0v) is 10.1. The van der Waals surface area contributed by atoms with E-state index in [9.17, 15) is 0 Å². The molecule has 88 valence electrons. The van der Waals surface area contributed by atoms with Crippen molar-refractivity contribution >= 4 is 5.69 Å². The van der Waals surface area contributed by atoms with Crippen LogP contribution < -0.4 is 10.1 Å². The number of likely N-dealkylation sites (N-methyl/N-ethyl adjacent to an activating group) is 1. The van der Waals surface area contributed by atoms with Crippen molar-refractivity contribution in [2.45, 2.75) is 18.9 Å². The maximum absolute atomic E-state index is 5.14. The molecule has 0 aromatic heterocycles. The molecule has 1 atom stereocenters. The van der Waals surface area contributed by atoms with Crippen molar-refractivity contribution < 1.29 is 4.74 Å². The molecule has 1 saturated heterocycles. The predicted molar refractivity (Wildman–Crippen MR) is 67.1 cm³/mol. The standard InChI is InChI=1S/C13H20N2O/c1-15-9-3-4-12(10-15)14-11-5-7-13(16-2)8-6-11/h5-8,12,14H,3-4,9-10H2,1-2H3. The third kappa shape index (κ3) is 2.89. The Morgan fingerprint density at radius 2 is 2.06 bits per heavy atom. The lowest BCUT2D eigenvalue weighted by atomic mass is 10.1. The normalized spacial score (nSPS) is 21.8. The fourth-order valence-corrected chi connectivity index (χ4v) is 2.21. The minimum atomic E-state index is 0.576. The van der Waals surface area contributed by atoms with Gasteiger partial charge >= 0.3 is 0 Å². The topological polar surface area (TPSA) is 24.5 Å². The molecule has 1 aliphatic rings. The van der Waals surface area contributed by atoms with Crippen molar-refractivity contribution in [2.75, 3.05) is 32.6 Å². The molecular weight excluding hydrogens is 200 g/mol. The fourth-order valence-electron chi connectivity index (χ4n) is 2.21. The van der Waals surface area contributed by atoms with Gasteiger partial charge in [-0.15, -0.1) is 0 Å². The van der Waals surface area contributed by atoms with Gasteiger partial charge in [-0.1, -0.05) is 0 Å². The molecule has 0 aliphatic carbocycles. The average molecular weight is 220 g/mol. The first-order chi connectivity index (χ1) is 7.78. The van der Waals surface area contributed by atoms with Crippen LogP contribution >= 0.6 is 0 Å². The SMILES string of the molecule is COc1ccc(NC2CCCN(C)C2)cc1. The van der Waals surface area contributed by atoms with E-state index in [0.29, 0.717) is 6.04 Å². The summed E-state index contributed by atoms with van der Waals surface area (Å²) in [7, 11) is 3.88. The minimum Gasteiger partial charge on any atom is -0.497 e. The van der Waals surface area contributed by atoms with Crippen molar-refractivity contribution in [3.63, 3.8) is 0 Å². The van der Waals surface area contributed by atoms with Crippen molar-refractivity contribution in [3.05, 3.63) is 24.3 Å². The first kappa shape index (κ1) is 11.3. The Bertz CT molecular complexity index is 323. The van der Waals surface area contributed by atoms with Gasteiger partial charge in [0.15, 0.2) is 0 Å². The van der Waals surface area contributed by atoms with Crippen molar-refractivity contribution in [2.24, 2.45) is 0 Å². The van der Waals surface area contributed by atoms with Gasteiger partial charge < -0.3 is 15.0 Å². The van der Waals surface area contributed by atoms with E-state index in [1.54, 1.807) is 7.11 Å². The number of likely N-dealkylation sites (tertiary alicyclic amines) is 1. The van der Waals surface area contributed by atoms with Gasteiger partial charge in [0.05, 0.1) is 7.11 Å². The minimum absolute atomic E-state index is 0.576. The molecule has 1 aromatic rings. The smallest absolute Gasteiger partial charge is 0.119 e. The number of nitrogens with one attached hydrogen (secondary N) is 1. The summed E-state index contributed by atoms with van der Waals surface area (Å²) in [6, 6.07) is 8.72. The number of anilines is 1. The summed E-state index contributed by atoms with van der Waals surface area (Å²) in [6.45, 7) is 2.35. The van der Waals surface area contributed by atoms with Crippen molar-refractivity contribution in [1.82, 2.24) is 4.90 Å². The van der Waals surface area contributed by atoms with Crippen LogP contribution in [0.4, 0.5) is 5.69 Å². The van der Waals surface area contributed by atoms with Crippen molar-refractivity contribution in [1.29, 1.82) is 0 Å². The second-order valence-corrected chi connectivity index (χ2v) is 4.47. The molecule has 1 N–H and O–H groups in total. The molecule has 1 fully saturated rings. The third-order valence-corrected chi connectivity index (χ3v) is 3.09. The van der Waals surface area contributed by atoms with Crippen LogP contribution in [0.2, 0.25) is 0 Å². The molecule has 0 radical (unpaired) electrons. The van der Waals surface area contributed by atoms with Crippen molar-refractivity contribution in [3.8, 4) is 5.75 Å². The summed E-state index contributed by atoms with van der Waals surface area (Å²) in [5, 5.41) is 3.57. The van der Waals surface area contributed by atoms with Crippen LogP contribution in [0.3, 0.4) is 0 Å². The Hall–Kier alpha value is -1.22. The second-order valence-electron chi connectivity index (χ2n) is 4.47. The zero-order chi connectivity index (χ0) is 11.4. The monoisotopic (exact) mass is 220 g/mol. The molecular formula is C13H20N2O. The molecule has 3 nitrogen and oxygen atoms in total. The quantitative estimate of drug-likeness (QED) is 0.845. The van der Waals surface area contributed by atoms with E-state index in [0.717, 1.165) is 12.3 Å². The van der Waals surface area contributed by atoms with Gasteiger partial charge in [0.1, 0.15) is 5.75 Å². The average Bonchev–Trinajstić information content (AvgIpc) is 2.30. The first-order valence-electron chi connectivity index (χ1n) is 5.87. The molecule has 0 amide bonds. The lowest BCUT2D eigenvalue weighted by molar-refractivity contribution is 0.261. The summed E-state index contributed by atoms with van der Waals surface area (Å²) in [5.74, 6) is 0.909.